The van der Waals surface area contributed by atoms with Gasteiger partial charge in [0.2, 0.25) is 0 Å². The van der Waals surface area contributed by atoms with Crippen LogP contribution in [0.4, 0.5) is 4.39 Å². The minimum absolute atomic E-state index is 0.0376. The number of carbonyl (C=O) groups is 1. The third-order valence-electron chi connectivity index (χ3n) is 5.07. The van der Waals surface area contributed by atoms with Crippen LogP contribution in [0.25, 0.3) is 28.1 Å². The maximum Gasteiger partial charge on any atom is 0.305 e. The molecule has 6 nitrogen and oxygen atoms in total. The molecule has 164 valence electrons. The molecule has 0 radical (unpaired) electrons. The molecule has 31 heavy (non-hydrogen) atoms. The Kier molecular flexibility index (Phi) is 6.77. The van der Waals surface area contributed by atoms with Crippen LogP contribution in [0.3, 0.4) is 0 Å². The van der Waals surface area contributed by atoms with E-state index in [1.807, 2.05) is 24.5 Å². The van der Waals surface area contributed by atoms with E-state index in [9.17, 15) is 24.5 Å². The number of aromatic hydroxyl groups is 1. The van der Waals surface area contributed by atoms with Crippen LogP contribution in [0.5, 0.6) is 5.75 Å². The third kappa shape index (κ3) is 5.13. The van der Waals surface area contributed by atoms with E-state index in [2.05, 4.69) is 0 Å². The molecule has 0 bridgehead atoms. The van der Waals surface area contributed by atoms with E-state index in [1.54, 1.807) is 30.3 Å². The smallest absolute Gasteiger partial charge is 0.305 e. The SMILES string of the molecule is CC(C)n1c(/C=C\[C@@H](O)C[C@@H](O)CC(=O)O)c(-c2ccc(F)cc2)c2cc(O)ccc21. The minimum Gasteiger partial charge on any atom is -0.508 e. The number of aliphatic hydroxyl groups excluding tert-OH is 2. The maximum atomic E-state index is 13.5. The minimum atomic E-state index is -1.17. The average molecular weight is 427 g/mol. The van der Waals surface area contributed by atoms with Crippen molar-refractivity contribution in [2.45, 2.75) is 44.9 Å². The molecule has 0 unspecified atom stereocenters. The summed E-state index contributed by atoms with van der Waals surface area (Å²) in [5.74, 6) is -1.40. The van der Waals surface area contributed by atoms with Crippen LogP contribution in [-0.4, -0.2) is 43.2 Å². The fraction of sp³-hybridized carbons (Fsp3) is 0.292. The number of fused-ring (bicyclic) bond motifs is 1. The fourth-order valence-corrected chi connectivity index (χ4v) is 3.81. The second-order valence-corrected chi connectivity index (χ2v) is 7.85. The zero-order valence-corrected chi connectivity index (χ0v) is 17.4. The van der Waals surface area contributed by atoms with Gasteiger partial charge in [0.15, 0.2) is 0 Å². The zero-order valence-electron chi connectivity index (χ0n) is 17.4. The van der Waals surface area contributed by atoms with Crippen molar-refractivity contribution in [2.24, 2.45) is 0 Å². The number of carboxylic acid groups (broad SMARTS) is 1. The molecular formula is C24H26FNO5. The topological polar surface area (TPSA) is 103 Å². The predicted molar refractivity (Wildman–Crippen MR) is 117 cm³/mol. The van der Waals surface area contributed by atoms with Crippen molar-refractivity contribution in [1.82, 2.24) is 4.57 Å². The first-order valence-electron chi connectivity index (χ1n) is 10.1. The van der Waals surface area contributed by atoms with E-state index in [0.29, 0.717) is 0 Å². The predicted octanol–water partition coefficient (Wildman–Crippen LogP) is 4.33. The number of aromatic nitrogens is 1. The lowest BCUT2D eigenvalue weighted by molar-refractivity contribution is -0.139. The Morgan fingerprint density at radius 3 is 2.42 bits per heavy atom. The molecule has 3 rings (SSSR count). The Bertz CT molecular complexity index is 1100. The van der Waals surface area contributed by atoms with Gasteiger partial charge in [-0.15, -0.1) is 0 Å². The second-order valence-electron chi connectivity index (χ2n) is 7.85. The summed E-state index contributed by atoms with van der Waals surface area (Å²) in [7, 11) is 0. The largest absolute Gasteiger partial charge is 0.508 e. The van der Waals surface area contributed by atoms with E-state index in [1.165, 1.54) is 18.2 Å². The summed E-state index contributed by atoms with van der Waals surface area (Å²) in [5, 5.41) is 39.7. The zero-order chi connectivity index (χ0) is 22.7. The lowest BCUT2D eigenvalue weighted by Crippen LogP contribution is -2.19. The Balaban J connectivity index is 2.12. The van der Waals surface area contributed by atoms with Gasteiger partial charge in [0, 0.05) is 34.6 Å². The number of benzene rings is 2. The van der Waals surface area contributed by atoms with Gasteiger partial charge in [-0.25, -0.2) is 4.39 Å². The summed E-state index contributed by atoms with van der Waals surface area (Å²) in [6.07, 6.45) is 0.442. The van der Waals surface area contributed by atoms with Gasteiger partial charge in [-0.3, -0.25) is 4.79 Å². The van der Waals surface area contributed by atoms with E-state index in [-0.39, 0.29) is 24.0 Å². The van der Waals surface area contributed by atoms with Gasteiger partial charge < -0.3 is 25.0 Å². The summed E-state index contributed by atoms with van der Waals surface area (Å²) in [6, 6.07) is 11.1. The van der Waals surface area contributed by atoms with Crippen molar-refractivity contribution in [1.29, 1.82) is 0 Å². The van der Waals surface area contributed by atoms with Gasteiger partial charge >= 0.3 is 5.97 Å². The molecule has 0 saturated heterocycles. The number of hydrogen-bond donors (Lipinski definition) is 4. The number of aliphatic carboxylic acids is 1. The number of halogens is 1. The van der Waals surface area contributed by atoms with Crippen molar-refractivity contribution in [2.75, 3.05) is 0 Å². The molecule has 0 amide bonds. The normalized spacial score (nSPS) is 13.9. The molecule has 2 atom stereocenters. The molecule has 3 aromatic rings. The number of phenolic OH excluding ortho intramolecular Hbond substituents is 1. The van der Waals surface area contributed by atoms with Crippen molar-refractivity contribution < 1.29 is 29.6 Å². The molecule has 0 spiro atoms. The van der Waals surface area contributed by atoms with Crippen LogP contribution < -0.4 is 0 Å². The van der Waals surface area contributed by atoms with E-state index < -0.39 is 24.6 Å². The summed E-state index contributed by atoms with van der Waals surface area (Å²) in [6.45, 7) is 4.01. The van der Waals surface area contributed by atoms with Gasteiger partial charge in [0.05, 0.1) is 18.6 Å². The first-order chi connectivity index (χ1) is 14.7. The molecule has 0 aliphatic rings. The standard InChI is InChI=1S/C24H26FNO5/c1-14(2)26-21-9-7-18(28)12-20(21)24(15-3-5-16(25)6-4-15)22(26)10-8-17(27)11-19(29)13-23(30)31/h3-10,12,14,17,19,27-29H,11,13H2,1-2H3,(H,30,31)/b10-8-/t17-,19-/m1/s1. The molecular weight excluding hydrogens is 401 g/mol. The summed E-state index contributed by atoms with van der Waals surface area (Å²) < 4.78 is 15.6. The van der Waals surface area contributed by atoms with Crippen molar-refractivity contribution >= 4 is 22.9 Å². The maximum absolute atomic E-state index is 13.5. The Labute approximate surface area is 179 Å². The van der Waals surface area contributed by atoms with Crippen LogP contribution in [0.2, 0.25) is 0 Å². The highest BCUT2D eigenvalue weighted by molar-refractivity contribution is 6.01. The van der Waals surface area contributed by atoms with Crippen LogP contribution in [0.15, 0.2) is 48.5 Å². The van der Waals surface area contributed by atoms with Crippen LogP contribution in [0.1, 0.15) is 38.4 Å². The molecule has 0 saturated carbocycles. The monoisotopic (exact) mass is 427 g/mol. The summed E-state index contributed by atoms with van der Waals surface area (Å²) in [5.41, 5.74) is 3.13. The Hall–Kier alpha value is -3.16. The van der Waals surface area contributed by atoms with Gasteiger partial charge in [0.25, 0.3) is 0 Å². The van der Waals surface area contributed by atoms with E-state index in [0.717, 1.165) is 27.7 Å². The molecule has 0 aliphatic carbocycles. The first kappa shape index (κ1) is 22.5. The van der Waals surface area contributed by atoms with E-state index >= 15 is 0 Å². The van der Waals surface area contributed by atoms with Crippen molar-refractivity contribution in [3.8, 4) is 16.9 Å². The number of aliphatic hydroxyl groups is 2. The highest BCUT2D eigenvalue weighted by atomic mass is 19.1. The quantitative estimate of drug-likeness (QED) is 0.428. The first-order valence-corrected chi connectivity index (χ1v) is 10.1. The third-order valence-corrected chi connectivity index (χ3v) is 5.07. The second kappa shape index (κ2) is 9.32. The Morgan fingerprint density at radius 2 is 1.81 bits per heavy atom. The summed E-state index contributed by atoms with van der Waals surface area (Å²) in [4.78, 5) is 10.7. The highest BCUT2D eigenvalue weighted by Crippen LogP contribution is 2.39. The van der Waals surface area contributed by atoms with Crippen LogP contribution >= 0.6 is 0 Å². The average Bonchev–Trinajstić information content (AvgIpc) is 2.99. The van der Waals surface area contributed by atoms with E-state index in [4.69, 9.17) is 5.11 Å². The number of carboxylic acids is 1. The molecule has 0 aliphatic heterocycles. The molecule has 1 aromatic heterocycles. The summed E-state index contributed by atoms with van der Waals surface area (Å²) >= 11 is 0. The molecule has 0 fully saturated rings. The van der Waals surface area contributed by atoms with Gasteiger partial charge in [-0.05, 0) is 55.8 Å². The van der Waals surface area contributed by atoms with Gasteiger partial charge in [-0.1, -0.05) is 18.2 Å². The van der Waals surface area contributed by atoms with Crippen LogP contribution in [-0.2, 0) is 4.79 Å². The molecule has 7 heteroatoms. The number of nitrogens with zero attached hydrogens (tertiary/aromatic N) is 1. The van der Waals surface area contributed by atoms with Crippen LogP contribution in [0, 0.1) is 5.82 Å². The fourth-order valence-electron chi connectivity index (χ4n) is 3.81. The van der Waals surface area contributed by atoms with Gasteiger partial charge in [-0.2, -0.15) is 0 Å². The lowest BCUT2D eigenvalue weighted by atomic mass is 10.0. The Morgan fingerprint density at radius 1 is 1.13 bits per heavy atom. The highest BCUT2D eigenvalue weighted by Gasteiger charge is 2.20. The number of rotatable bonds is 8. The molecule has 4 N–H and O–H groups in total. The van der Waals surface area contributed by atoms with Crippen molar-refractivity contribution in [3.63, 3.8) is 0 Å². The number of hydrogen-bond acceptors (Lipinski definition) is 4. The van der Waals surface area contributed by atoms with Crippen molar-refractivity contribution in [3.05, 3.63) is 60.1 Å². The lowest BCUT2D eigenvalue weighted by Gasteiger charge is -2.15. The number of phenols is 1. The molecule has 2 aromatic carbocycles. The van der Waals surface area contributed by atoms with Gasteiger partial charge in [0.1, 0.15) is 11.6 Å². The molecule has 1 heterocycles.